The number of aliphatic hydroxyl groups excluding tert-OH is 1. The summed E-state index contributed by atoms with van der Waals surface area (Å²) in [5.41, 5.74) is 6.31. The summed E-state index contributed by atoms with van der Waals surface area (Å²) in [4.78, 5) is 0. The van der Waals surface area contributed by atoms with Crippen LogP contribution in [0.2, 0.25) is 0 Å². The first-order valence-electron chi connectivity index (χ1n) is 7.02. The maximum absolute atomic E-state index is 9.90. The summed E-state index contributed by atoms with van der Waals surface area (Å²) in [5, 5.41) is 9.90. The van der Waals surface area contributed by atoms with E-state index in [0.717, 1.165) is 30.8 Å². The van der Waals surface area contributed by atoms with E-state index in [2.05, 4.69) is 0 Å². The minimum Gasteiger partial charge on any atom is -0.491 e. The van der Waals surface area contributed by atoms with Crippen molar-refractivity contribution < 1.29 is 14.6 Å². The number of rotatable bonds is 6. The van der Waals surface area contributed by atoms with E-state index in [1.165, 1.54) is 6.42 Å². The number of hydrogen-bond donors (Lipinski definition) is 2. The molecule has 19 heavy (non-hydrogen) atoms. The minimum atomic E-state index is -0.514. The van der Waals surface area contributed by atoms with Crippen LogP contribution in [0.1, 0.15) is 37.4 Å². The molecule has 0 radical (unpaired) electrons. The van der Waals surface area contributed by atoms with Gasteiger partial charge in [-0.05, 0) is 49.9 Å². The molecule has 1 heterocycles. The third kappa shape index (κ3) is 4.49. The molecule has 2 atom stereocenters. The van der Waals surface area contributed by atoms with Gasteiger partial charge in [0.15, 0.2) is 0 Å². The van der Waals surface area contributed by atoms with Crippen molar-refractivity contribution >= 4 is 0 Å². The van der Waals surface area contributed by atoms with Gasteiger partial charge in [0, 0.05) is 6.61 Å². The molecular weight excluding hydrogens is 242 g/mol. The van der Waals surface area contributed by atoms with Crippen molar-refractivity contribution in [3.05, 3.63) is 29.8 Å². The van der Waals surface area contributed by atoms with Crippen molar-refractivity contribution in [3.63, 3.8) is 0 Å². The third-order valence-corrected chi connectivity index (χ3v) is 3.39. The van der Waals surface area contributed by atoms with Gasteiger partial charge in [0.05, 0.1) is 12.2 Å². The summed E-state index contributed by atoms with van der Waals surface area (Å²) in [7, 11) is 0. The topological polar surface area (TPSA) is 64.7 Å². The molecule has 1 fully saturated rings. The zero-order valence-electron chi connectivity index (χ0n) is 11.3. The summed E-state index contributed by atoms with van der Waals surface area (Å²) in [6.45, 7) is 1.89. The van der Waals surface area contributed by atoms with Crippen molar-refractivity contribution in [2.45, 2.75) is 37.9 Å². The van der Waals surface area contributed by atoms with Gasteiger partial charge >= 0.3 is 0 Å². The molecule has 0 bridgehead atoms. The Labute approximate surface area is 114 Å². The van der Waals surface area contributed by atoms with Crippen molar-refractivity contribution in [1.29, 1.82) is 0 Å². The molecule has 106 valence electrons. The Hall–Kier alpha value is -1.10. The lowest BCUT2D eigenvalue weighted by Crippen LogP contribution is -2.25. The van der Waals surface area contributed by atoms with Crippen LogP contribution in [0.15, 0.2) is 24.3 Å². The van der Waals surface area contributed by atoms with E-state index in [9.17, 15) is 5.11 Å². The lowest BCUT2D eigenvalue weighted by Gasteiger charge is -2.22. The average Bonchev–Trinajstić information content (AvgIpc) is 2.47. The van der Waals surface area contributed by atoms with Crippen LogP contribution in [0.4, 0.5) is 0 Å². The van der Waals surface area contributed by atoms with E-state index in [-0.39, 0.29) is 6.10 Å². The molecule has 0 aliphatic carbocycles. The van der Waals surface area contributed by atoms with E-state index < -0.39 is 6.10 Å². The fourth-order valence-corrected chi connectivity index (χ4v) is 2.26. The van der Waals surface area contributed by atoms with Gasteiger partial charge in [-0.2, -0.15) is 0 Å². The maximum Gasteiger partial charge on any atom is 0.119 e. The van der Waals surface area contributed by atoms with Crippen molar-refractivity contribution in [3.8, 4) is 5.75 Å². The molecule has 1 aliphatic rings. The normalized spacial score (nSPS) is 21.1. The second-order valence-corrected chi connectivity index (χ2v) is 4.97. The van der Waals surface area contributed by atoms with Crippen LogP contribution in [0, 0.1) is 0 Å². The maximum atomic E-state index is 9.90. The molecule has 0 saturated carbocycles. The molecular formula is C15H23NO3. The summed E-state index contributed by atoms with van der Waals surface area (Å²) >= 11 is 0. The van der Waals surface area contributed by atoms with E-state index in [1.807, 2.05) is 24.3 Å². The van der Waals surface area contributed by atoms with Crippen LogP contribution >= 0.6 is 0 Å². The number of benzene rings is 1. The van der Waals surface area contributed by atoms with Gasteiger partial charge in [-0.1, -0.05) is 12.1 Å². The summed E-state index contributed by atoms with van der Waals surface area (Å²) in [5.74, 6) is 0.780. The molecule has 0 aromatic heterocycles. The van der Waals surface area contributed by atoms with Crippen LogP contribution in [0.5, 0.6) is 5.75 Å². The summed E-state index contributed by atoms with van der Waals surface area (Å²) < 4.78 is 11.4. The van der Waals surface area contributed by atoms with Gasteiger partial charge < -0.3 is 20.3 Å². The Morgan fingerprint density at radius 3 is 3.05 bits per heavy atom. The minimum absolute atomic E-state index is 0.200. The second-order valence-electron chi connectivity index (χ2n) is 4.97. The lowest BCUT2D eigenvalue weighted by atomic mass is 10.1. The molecule has 2 rings (SSSR count). The van der Waals surface area contributed by atoms with Crippen LogP contribution in [0.25, 0.3) is 0 Å². The quantitative estimate of drug-likeness (QED) is 0.826. The summed E-state index contributed by atoms with van der Waals surface area (Å²) in [6, 6.07) is 7.57. The zero-order chi connectivity index (χ0) is 13.5. The Morgan fingerprint density at radius 2 is 2.32 bits per heavy atom. The highest BCUT2D eigenvalue weighted by atomic mass is 16.5. The largest absolute Gasteiger partial charge is 0.491 e. The van der Waals surface area contributed by atoms with Gasteiger partial charge in [-0.15, -0.1) is 0 Å². The van der Waals surface area contributed by atoms with Gasteiger partial charge in [0.25, 0.3) is 0 Å². The molecule has 4 heteroatoms. The zero-order valence-corrected chi connectivity index (χ0v) is 11.3. The van der Waals surface area contributed by atoms with Crippen molar-refractivity contribution in [2.24, 2.45) is 5.73 Å². The first-order chi connectivity index (χ1) is 9.29. The standard InChI is InChI=1S/C15H23NO3/c16-8-7-15(17)12-4-3-6-13(10-12)19-11-14-5-1-2-9-18-14/h3-4,6,10,14-15,17H,1-2,5,7-9,11,16H2. The monoisotopic (exact) mass is 265 g/mol. The van der Waals surface area contributed by atoms with Crippen molar-refractivity contribution in [1.82, 2.24) is 0 Å². The van der Waals surface area contributed by atoms with Gasteiger partial charge in [-0.3, -0.25) is 0 Å². The van der Waals surface area contributed by atoms with Gasteiger partial charge in [0.1, 0.15) is 12.4 Å². The fourth-order valence-electron chi connectivity index (χ4n) is 2.26. The molecule has 0 amide bonds. The molecule has 0 spiro atoms. The second kappa shape index (κ2) is 7.48. The molecule has 1 aromatic carbocycles. The van der Waals surface area contributed by atoms with E-state index in [4.69, 9.17) is 15.2 Å². The number of aliphatic hydroxyl groups is 1. The van der Waals surface area contributed by atoms with Crippen LogP contribution in [0.3, 0.4) is 0 Å². The predicted molar refractivity (Wildman–Crippen MR) is 74.2 cm³/mol. The van der Waals surface area contributed by atoms with Gasteiger partial charge in [0.2, 0.25) is 0 Å². The van der Waals surface area contributed by atoms with Crippen LogP contribution in [-0.4, -0.2) is 31.0 Å². The summed E-state index contributed by atoms with van der Waals surface area (Å²) in [6.07, 6.45) is 3.68. The molecule has 2 unspecified atom stereocenters. The first-order valence-corrected chi connectivity index (χ1v) is 7.02. The molecule has 4 nitrogen and oxygen atoms in total. The number of ether oxygens (including phenoxy) is 2. The van der Waals surface area contributed by atoms with E-state index >= 15 is 0 Å². The Balaban J connectivity index is 1.87. The van der Waals surface area contributed by atoms with Crippen LogP contribution in [-0.2, 0) is 4.74 Å². The molecule has 1 aromatic rings. The Kier molecular flexibility index (Phi) is 5.63. The predicted octanol–water partition coefficient (Wildman–Crippen LogP) is 2.02. The fraction of sp³-hybridized carbons (Fsp3) is 0.600. The Bertz CT molecular complexity index is 377. The molecule has 1 saturated heterocycles. The Morgan fingerprint density at radius 1 is 1.42 bits per heavy atom. The smallest absolute Gasteiger partial charge is 0.119 e. The average molecular weight is 265 g/mol. The van der Waals surface area contributed by atoms with Crippen LogP contribution < -0.4 is 10.5 Å². The number of nitrogens with two attached hydrogens (primary N) is 1. The van der Waals surface area contributed by atoms with E-state index in [1.54, 1.807) is 0 Å². The highest BCUT2D eigenvalue weighted by molar-refractivity contribution is 5.29. The molecule has 1 aliphatic heterocycles. The highest BCUT2D eigenvalue weighted by Gasteiger charge is 2.14. The van der Waals surface area contributed by atoms with E-state index in [0.29, 0.717) is 19.6 Å². The highest BCUT2D eigenvalue weighted by Crippen LogP contribution is 2.22. The van der Waals surface area contributed by atoms with Crippen molar-refractivity contribution in [2.75, 3.05) is 19.8 Å². The third-order valence-electron chi connectivity index (χ3n) is 3.39. The lowest BCUT2D eigenvalue weighted by molar-refractivity contribution is -0.0111. The van der Waals surface area contributed by atoms with Gasteiger partial charge in [-0.25, -0.2) is 0 Å². The molecule has 3 N–H and O–H groups in total. The first kappa shape index (κ1) is 14.3. The number of hydrogen-bond acceptors (Lipinski definition) is 4. The SMILES string of the molecule is NCCC(O)c1cccc(OCC2CCCCO2)c1.